The van der Waals surface area contributed by atoms with Crippen LogP contribution >= 0.6 is 0 Å². The van der Waals surface area contributed by atoms with Crippen LogP contribution in [-0.4, -0.2) is 18.1 Å². The monoisotopic (exact) mass is 308 g/mol. The summed E-state index contributed by atoms with van der Waals surface area (Å²) in [7, 11) is 0. The number of hydrazone groups is 1. The number of amides is 1. The minimum atomic E-state index is -0.639. The standard InChI is InChI=1S/C18H16N2O3/c21-13-19-20-16-9-5-4-8-15(16)10-11-17(18(20)22)23-12-14-6-2-1-3-7-14/h1-9,17H,10-12H2. The van der Waals surface area contributed by atoms with Crippen LogP contribution in [0.25, 0.3) is 0 Å². The van der Waals surface area contributed by atoms with Crippen molar-refractivity contribution >= 4 is 17.7 Å². The van der Waals surface area contributed by atoms with Crippen molar-refractivity contribution in [1.82, 2.24) is 0 Å². The van der Waals surface area contributed by atoms with Gasteiger partial charge in [-0.15, -0.1) is 0 Å². The molecule has 0 N–H and O–H groups in total. The molecule has 3 rings (SSSR count). The Balaban J connectivity index is 1.81. The highest BCUT2D eigenvalue weighted by atomic mass is 16.5. The number of hydrogen-bond donors (Lipinski definition) is 0. The lowest BCUT2D eigenvalue weighted by Crippen LogP contribution is -2.36. The van der Waals surface area contributed by atoms with Crippen molar-refractivity contribution in [3.05, 3.63) is 65.7 Å². The SMILES string of the molecule is O=C=NN1C(=O)C(OCc2ccccc2)CCc2ccccc21. The zero-order chi connectivity index (χ0) is 16.1. The third kappa shape index (κ3) is 3.37. The van der Waals surface area contributed by atoms with Crippen LogP contribution in [0.1, 0.15) is 17.5 Å². The third-order valence-electron chi connectivity index (χ3n) is 3.81. The predicted octanol–water partition coefficient (Wildman–Crippen LogP) is 2.80. The summed E-state index contributed by atoms with van der Waals surface area (Å²) in [5, 5.41) is 4.67. The normalized spacial score (nSPS) is 17.1. The molecule has 5 heteroatoms. The lowest BCUT2D eigenvalue weighted by Gasteiger charge is -2.19. The van der Waals surface area contributed by atoms with Gasteiger partial charge in [0.2, 0.25) is 0 Å². The van der Waals surface area contributed by atoms with Crippen LogP contribution in [0.3, 0.4) is 0 Å². The van der Waals surface area contributed by atoms with E-state index in [0.29, 0.717) is 25.1 Å². The summed E-state index contributed by atoms with van der Waals surface area (Å²) < 4.78 is 5.79. The summed E-state index contributed by atoms with van der Waals surface area (Å²) in [6.07, 6.45) is 2.05. The number of ether oxygens (including phenoxy) is 1. The Labute approximate surface area is 134 Å². The minimum absolute atomic E-state index is 0.339. The van der Waals surface area contributed by atoms with Gasteiger partial charge in [0, 0.05) is 0 Å². The maximum atomic E-state index is 12.6. The van der Waals surface area contributed by atoms with Crippen LogP contribution < -0.4 is 5.01 Å². The molecule has 0 spiro atoms. The van der Waals surface area contributed by atoms with E-state index < -0.39 is 6.10 Å². The van der Waals surface area contributed by atoms with Crippen LogP contribution in [-0.2, 0) is 27.4 Å². The molecule has 116 valence electrons. The summed E-state index contributed by atoms with van der Waals surface area (Å²) in [6.45, 7) is 0.340. The van der Waals surface area contributed by atoms with Crippen LogP contribution in [0.4, 0.5) is 5.69 Å². The lowest BCUT2D eigenvalue weighted by molar-refractivity contribution is -0.131. The van der Waals surface area contributed by atoms with Crippen molar-refractivity contribution < 1.29 is 14.3 Å². The number of aryl methyl sites for hydroxylation is 1. The van der Waals surface area contributed by atoms with Gasteiger partial charge >= 0.3 is 0 Å². The van der Waals surface area contributed by atoms with Gasteiger partial charge in [0.05, 0.1) is 12.3 Å². The van der Waals surface area contributed by atoms with Gasteiger partial charge < -0.3 is 4.74 Å². The van der Waals surface area contributed by atoms with Gasteiger partial charge in [-0.1, -0.05) is 53.6 Å². The molecule has 1 unspecified atom stereocenters. The Morgan fingerprint density at radius 3 is 2.65 bits per heavy atom. The average molecular weight is 308 g/mol. The minimum Gasteiger partial charge on any atom is -0.364 e. The number of benzene rings is 2. The van der Waals surface area contributed by atoms with Gasteiger partial charge in [-0.05, 0) is 30.0 Å². The van der Waals surface area contributed by atoms with E-state index in [9.17, 15) is 9.59 Å². The van der Waals surface area contributed by atoms with Crippen LogP contribution in [0.2, 0.25) is 0 Å². The fourth-order valence-electron chi connectivity index (χ4n) is 2.66. The molecule has 1 amide bonds. The summed E-state index contributed by atoms with van der Waals surface area (Å²) in [5.41, 5.74) is 2.57. The number of fused-ring (bicyclic) bond motifs is 1. The quantitative estimate of drug-likeness (QED) is 0.644. The van der Waals surface area contributed by atoms with Crippen LogP contribution in [0.15, 0.2) is 59.7 Å². The molecule has 0 radical (unpaired) electrons. The number of hydrogen-bond acceptors (Lipinski definition) is 4. The van der Waals surface area contributed by atoms with Crippen molar-refractivity contribution in [3.8, 4) is 0 Å². The molecule has 0 fully saturated rings. The first-order valence-electron chi connectivity index (χ1n) is 7.45. The molecule has 2 aromatic carbocycles. The van der Waals surface area contributed by atoms with Gasteiger partial charge in [-0.3, -0.25) is 4.79 Å². The van der Waals surface area contributed by atoms with E-state index in [1.807, 2.05) is 48.5 Å². The molecule has 23 heavy (non-hydrogen) atoms. The molecular weight excluding hydrogens is 292 g/mol. The molecule has 0 saturated carbocycles. The van der Waals surface area contributed by atoms with Crippen LogP contribution in [0.5, 0.6) is 0 Å². The number of rotatable bonds is 4. The summed E-state index contributed by atoms with van der Waals surface area (Å²) >= 11 is 0. The molecule has 1 aliphatic rings. The molecule has 1 aliphatic heterocycles. The topological polar surface area (TPSA) is 59.0 Å². The van der Waals surface area contributed by atoms with E-state index in [1.165, 1.54) is 6.08 Å². The number of para-hydroxylation sites is 1. The second-order valence-electron chi connectivity index (χ2n) is 5.29. The molecule has 0 aliphatic carbocycles. The van der Waals surface area contributed by atoms with Gasteiger partial charge in [-0.25, -0.2) is 4.79 Å². The smallest absolute Gasteiger partial charge is 0.277 e. The maximum Gasteiger partial charge on any atom is 0.277 e. The van der Waals surface area contributed by atoms with Crippen molar-refractivity contribution in [2.24, 2.45) is 5.10 Å². The van der Waals surface area contributed by atoms with E-state index in [0.717, 1.165) is 16.1 Å². The number of anilines is 1. The fraction of sp³-hybridized carbons (Fsp3) is 0.222. The lowest BCUT2D eigenvalue weighted by atomic mass is 10.1. The van der Waals surface area contributed by atoms with E-state index in [-0.39, 0.29) is 5.91 Å². The van der Waals surface area contributed by atoms with E-state index in [4.69, 9.17) is 4.74 Å². The maximum absolute atomic E-state index is 12.6. The molecule has 0 saturated heterocycles. The molecular formula is C18H16N2O3. The largest absolute Gasteiger partial charge is 0.364 e. The van der Waals surface area contributed by atoms with Crippen molar-refractivity contribution in [2.75, 3.05) is 5.01 Å². The zero-order valence-electron chi connectivity index (χ0n) is 12.5. The Bertz CT molecular complexity index is 739. The molecule has 1 heterocycles. The molecule has 1 atom stereocenters. The molecule has 2 aromatic rings. The van der Waals surface area contributed by atoms with E-state index in [1.54, 1.807) is 6.07 Å². The van der Waals surface area contributed by atoms with Crippen molar-refractivity contribution in [3.63, 3.8) is 0 Å². The number of isocyanates is 1. The van der Waals surface area contributed by atoms with Gasteiger partial charge in [0.1, 0.15) is 6.10 Å². The van der Waals surface area contributed by atoms with Gasteiger partial charge in [-0.2, -0.15) is 5.01 Å². The highest BCUT2D eigenvalue weighted by Gasteiger charge is 2.31. The van der Waals surface area contributed by atoms with E-state index in [2.05, 4.69) is 5.10 Å². The third-order valence-corrected chi connectivity index (χ3v) is 3.81. The Morgan fingerprint density at radius 2 is 1.87 bits per heavy atom. The van der Waals surface area contributed by atoms with Crippen molar-refractivity contribution in [2.45, 2.75) is 25.6 Å². The van der Waals surface area contributed by atoms with Crippen LogP contribution in [0, 0.1) is 0 Å². The summed E-state index contributed by atoms with van der Waals surface area (Å²) in [6, 6.07) is 17.1. The predicted molar refractivity (Wildman–Crippen MR) is 85.4 cm³/mol. The van der Waals surface area contributed by atoms with Gasteiger partial charge in [0.15, 0.2) is 0 Å². The van der Waals surface area contributed by atoms with Gasteiger partial charge in [0.25, 0.3) is 12.0 Å². The van der Waals surface area contributed by atoms with Crippen molar-refractivity contribution in [1.29, 1.82) is 0 Å². The first kappa shape index (κ1) is 15.2. The number of carbonyl (C=O) groups excluding carboxylic acids is 2. The second kappa shape index (κ2) is 7.01. The fourth-order valence-corrected chi connectivity index (χ4v) is 2.66. The average Bonchev–Trinajstić information content (AvgIpc) is 2.72. The Morgan fingerprint density at radius 1 is 1.13 bits per heavy atom. The number of carbonyl (C=O) groups is 1. The highest BCUT2D eigenvalue weighted by molar-refractivity contribution is 5.97. The zero-order valence-corrected chi connectivity index (χ0v) is 12.5. The van der Waals surface area contributed by atoms with E-state index >= 15 is 0 Å². The molecule has 5 nitrogen and oxygen atoms in total. The highest BCUT2D eigenvalue weighted by Crippen LogP contribution is 2.28. The summed E-state index contributed by atoms with van der Waals surface area (Å²) in [4.78, 5) is 23.3. The molecule has 0 bridgehead atoms. The Kier molecular flexibility index (Phi) is 4.62. The first-order valence-corrected chi connectivity index (χ1v) is 7.45. The summed E-state index contributed by atoms with van der Waals surface area (Å²) in [5.74, 6) is -0.339. The molecule has 0 aromatic heterocycles. The number of nitrogens with zero attached hydrogens (tertiary/aromatic N) is 2. The Hall–Kier alpha value is -2.75. The second-order valence-corrected chi connectivity index (χ2v) is 5.29. The first-order chi connectivity index (χ1) is 11.3.